The number of aliphatic hydroxyl groups is 1. The quantitative estimate of drug-likeness (QED) is 0.267. The number of anilines is 1. The van der Waals surface area contributed by atoms with E-state index in [1.54, 1.807) is 18.3 Å². The van der Waals surface area contributed by atoms with Gasteiger partial charge in [0.2, 0.25) is 0 Å². The standard InChI is InChI=1S/C33H37FN6O4/c34-24-4-1-3-23(18-24)30(21-41)40-12-2-5-27(33(40)43)32(42)36-19-22-6-11-28-29(17-22)38-31(20-35-28)37-25-7-9-26(10-8-25)39-13-15-44-16-14-39/h1-6,11-12,17-18,20,25-26,30,41H,7-10,13-16,19,21H2,(H,36,42)(H,37,38)/t25?,26?,30-/m1/s1. The molecule has 6 rings (SSSR count). The largest absolute Gasteiger partial charge is 0.394 e. The van der Waals surface area contributed by atoms with Gasteiger partial charge in [0.05, 0.1) is 43.1 Å². The van der Waals surface area contributed by atoms with E-state index in [1.807, 2.05) is 18.2 Å². The molecule has 1 saturated heterocycles. The lowest BCUT2D eigenvalue weighted by atomic mass is 9.90. The number of pyridine rings is 1. The summed E-state index contributed by atoms with van der Waals surface area (Å²) in [6.07, 6.45) is 7.71. The van der Waals surface area contributed by atoms with Crippen LogP contribution in [-0.2, 0) is 11.3 Å². The third kappa shape index (κ3) is 6.80. The number of nitrogens with one attached hydrogen (secondary N) is 2. The lowest BCUT2D eigenvalue weighted by Crippen LogP contribution is -2.46. The van der Waals surface area contributed by atoms with Gasteiger partial charge in [0.25, 0.3) is 11.5 Å². The highest BCUT2D eigenvalue weighted by Crippen LogP contribution is 2.26. The zero-order valence-electron chi connectivity index (χ0n) is 24.5. The molecule has 3 N–H and O–H groups in total. The van der Waals surface area contributed by atoms with Crippen LogP contribution in [0.25, 0.3) is 11.0 Å². The molecule has 44 heavy (non-hydrogen) atoms. The Morgan fingerprint density at radius 3 is 2.64 bits per heavy atom. The topological polar surface area (TPSA) is 122 Å². The zero-order valence-corrected chi connectivity index (χ0v) is 24.5. The van der Waals surface area contributed by atoms with Crippen molar-refractivity contribution in [3.8, 4) is 0 Å². The van der Waals surface area contributed by atoms with E-state index in [4.69, 9.17) is 9.72 Å². The van der Waals surface area contributed by atoms with Crippen molar-refractivity contribution in [2.75, 3.05) is 38.2 Å². The van der Waals surface area contributed by atoms with Gasteiger partial charge in [-0.1, -0.05) is 18.2 Å². The van der Waals surface area contributed by atoms with Crippen LogP contribution < -0.4 is 16.2 Å². The van der Waals surface area contributed by atoms with Crippen LogP contribution in [-0.4, -0.2) is 75.4 Å². The summed E-state index contributed by atoms with van der Waals surface area (Å²) in [5, 5.41) is 16.4. The van der Waals surface area contributed by atoms with Crippen LogP contribution in [0.1, 0.15) is 53.2 Å². The van der Waals surface area contributed by atoms with Crippen LogP contribution >= 0.6 is 0 Å². The first kappa shape index (κ1) is 29.9. The number of hydrogen-bond donors (Lipinski definition) is 3. The zero-order chi connectivity index (χ0) is 30.5. The summed E-state index contributed by atoms with van der Waals surface area (Å²) in [6, 6.07) is 14.5. The molecule has 1 atom stereocenters. The van der Waals surface area contributed by atoms with Crippen LogP contribution in [0.15, 0.2) is 71.8 Å². The van der Waals surface area contributed by atoms with Gasteiger partial charge in [-0.15, -0.1) is 0 Å². The van der Waals surface area contributed by atoms with Gasteiger partial charge in [-0.25, -0.2) is 9.37 Å². The number of halogens is 1. The average molecular weight is 601 g/mol. The van der Waals surface area contributed by atoms with Crippen LogP contribution in [0.5, 0.6) is 0 Å². The number of amides is 1. The molecular weight excluding hydrogens is 563 g/mol. The number of benzene rings is 2. The molecule has 11 heteroatoms. The Morgan fingerprint density at radius 2 is 1.86 bits per heavy atom. The molecule has 0 bridgehead atoms. The molecule has 0 spiro atoms. The average Bonchev–Trinajstić information content (AvgIpc) is 3.05. The van der Waals surface area contributed by atoms with Crippen molar-refractivity contribution in [3.63, 3.8) is 0 Å². The van der Waals surface area contributed by atoms with E-state index in [2.05, 4.69) is 20.5 Å². The molecule has 2 fully saturated rings. The summed E-state index contributed by atoms with van der Waals surface area (Å²) in [5.74, 6) is -0.290. The van der Waals surface area contributed by atoms with Crippen LogP contribution in [0.3, 0.4) is 0 Å². The number of rotatable bonds is 9. The summed E-state index contributed by atoms with van der Waals surface area (Å²) >= 11 is 0. The van der Waals surface area contributed by atoms with Gasteiger partial charge in [-0.2, -0.15) is 0 Å². The van der Waals surface area contributed by atoms with Gasteiger partial charge in [0, 0.05) is 37.9 Å². The monoisotopic (exact) mass is 600 g/mol. The van der Waals surface area contributed by atoms with E-state index < -0.39 is 29.9 Å². The van der Waals surface area contributed by atoms with Gasteiger partial charge in [-0.3, -0.25) is 19.5 Å². The first-order chi connectivity index (χ1) is 21.5. The van der Waals surface area contributed by atoms with E-state index in [1.165, 1.54) is 35.0 Å². The molecule has 10 nitrogen and oxygen atoms in total. The van der Waals surface area contributed by atoms with Crippen molar-refractivity contribution in [1.82, 2.24) is 24.8 Å². The first-order valence-electron chi connectivity index (χ1n) is 15.2. The second-order valence-corrected chi connectivity index (χ2v) is 11.4. The molecule has 1 aliphatic heterocycles. The molecule has 2 aromatic carbocycles. The Balaban J connectivity index is 1.09. The number of fused-ring (bicyclic) bond motifs is 1. The molecule has 2 aromatic heterocycles. The van der Waals surface area contributed by atoms with E-state index in [9.17, 15) is 19.1 Å². The van der Waals surface area contributed by atoms with Crippen LogP contribution in [0.4, 0.5) is 10.2 Å². The number of carbonyl (C=O) groups excluding carboxylic acids is 1. The molecular formula is C33H37FN6O4. The molecule has 4 aromatic rings. The van der Waals surface area contributed by atoms with E-state index in [-0.39, 0.29) is 12.1 Å². The van der Waals surface area contributed by atoms with Crippen molar-refractivity contribution in [3.05, 3.63) is 99.9 Å². The number of carbonyl (C=O) groups is 1. The molecule has 1 amide bonds. The molecule has 230 valence electrons. The number of hydrogen-bond acceptors (Lipinski definition) is 8. The second-order valence-electron chi connectivity index (χ2n) is 11.4. The van der Waals surface area contributed by atoms with E-state index >= 15 is 0 Å². The Kier molecular flexibility index (Phi) is 9.25. The van der Waals surface area contributed by atoms with Crippen LogP contribution in [0.2, 0.25) is 0 Å². The predicted molar refractivity (Wildman–Crippen MR) is 165 cm³/mol. The predicted octanol–water partition coefficient (Wildman–Crippen LogP) is 3.50. The Morgan fingerprint density at radius 1 is 1.05 bits per heavy atom. The number of morpholine rings is 1. The lowest BCUT2D eigenvalue weighted by molar-refractivity contribution is 0.00790. The highest BCUT2D eigenvalue weighted by molar-refractivity contribution is 5.93. The number of nitrogens with zero attached hydrogens (tertiary/aromatic N) is 4. The highest BCUT2D eigenvalue weighted by atomic mass is 19.1. The highest BCUT2D eigenvalue weighted by Gasteiger charge is 2.27. The molecule has 0 radical (unpaired) electrons. The van der Waals surface area contributed by atoms with Crippen LogP contribution in [0, 0.1) is 5.82 Å². The Bertz CT molecular complexity index is 1670. The van der Waals surface area contributed by atoms with Crippen molar-refractivity contribution >= 4 is 22.8 Å². The number of aliphatic hydroxyl groups excluding tert-OH is 1. The summed E-state index contributed by atoms with van der Waals surface area (Å²) in [7, 11) is 0. The van der Waals surface area contributed by atoms with Gasteiger partial charge in [0.1, 0.15) is 17.2 Å². The minimum atomic E-state index is -0.826. The van der Waals surface area contributed by atoms with Gasteiger partial charge >= 0.3 is 0 Å². The maximum Gasteiger partial charge on any atom is 0.264 e. The fourth-order valence-corrected chi connectivity index (χ4v) is 6.25. The van der Waals surface area contributed by atoms with Gasteiger partial charge in [0.15, 0.2) is 0 Å². The van der Waals surface area contributed by atoms with E-state index in [0.717, 1.165) is 68.9 Å². The van der Waals surface area contributed by atoms with Gasteiger partial charge < -0.3 is 25.0 Å². The molecule has 2 aliphatic rings. The van der Waals surface area contributed by atoms with Crippen molar-refractivity contribution < 1.29 is 19.0 Å². The van der Waals surface area contributed by atoms with Crippen molar-refractivity contribution in [2.45, 2.75) is 50.4 Å². The first-order valence-corrected chi connectivity index (χ1v) is 15.2. The SMILES string of the molecule is O=C(NCc1ccc2ncc(NC3CCC(N4CCOCC4)CC3)nc2c1)c1cccn([C@H](CO)c2cccc(F)c2)c1=O. The second kappa shape index (κ2) is 13.6. The summed E-state index contributed by atoms with van der Waals surface area (Å²) in [6.45, 7) is 3.44. The molecule has 1 saturated carbocycles. The molecule has 0 unspecified atom stereocenters. The number of ether oxygens (including phenoxy) is 1. The normalized spacial score (nSPS) is 19.9. The Labute approximate surface area is 254 Å². The minimum absolute atomic E-state index is 0.0715. The molecule has 3 heterocycles. The van der Waals surface area contributed by atoms with Crippen molar-refractivity contribution in [1.29, 1.82) is 0 Å². The third-order valence-corrected chi connectivity index (χ3v) is 8.63. The lowest BCUT2D eigenvalue weighted by Gasteiger charge is -2.39. The fourth-order valence-electron chi connectivity index (χ4n) is 6.25. The summed E-state index contributed by atoms with van der Waals surface area (Å²) < 4.78 is 20.5. The number of aromatic nitrogens is 3. The maximum absolute atomic E-state index is 13.8. The summed E-state index contributed by atoms with van der Waals surface area (Å²) in [4.78, 5) is 38.2. The van der Waals surface area contributed by atoms with Gasteiger partial charge in [-0.05, 0) is 73.2 Å². The minimum Gasteiger partial charge on any atom is -0.394 e. The third-order valence-electron chi connectivity index (χ3n) is 8.63. The Hall–Kier alpha value is -4.19. The maximum atomic E-state index is 13.8. The summed E-state index contributed by atoms with van der Waals surface area (Å²) in [5.41, 5.74) is 2.06. The fraction of sp³-hybridized carbons (Fsp3) is 0.394. The van der Waals surface area contributed by atoms with E-state index in [0.29, 0.717) is 23.2 Å². The molecule has 1 aliphatic carbocycles. The smallest absolute Gasteiger partial charge is 0.264 e. The van der Waals surface area contributed by atoms with Crippen molar-refractivity contribution in [2.24, 2.45) is 0 Å².